The van der Waals surface area contributed by atoms with Gasteiger partial charge in [0.1, 0.15) is 0 Å². The molecule has 4 heteroatoms. The van der Waals surface area contributed by atoms with Gasteiger partial charge in [0.2, 0.25) is 0 Å². The summed E-state index contributed by atoms with van der Waals surface area (Å²) in [7, 11) is 0. The number of benzene rings is 1. The summed E-state index contributed by atoms with van der Waals surface area (Å²) >= 11 is 3.52. The van der Waals surface area contributed by atoms with Gasteiger partial charge in [-0.1, -0.05) is 6.07 Å². The Morgan fingerprint density at radius 1 is 1.47 bits per heavy atom. The maximum atomic E-state index is 5.81. The molecule has 78 valence electrons. The van der Waals surface area contributed by atoms with Crippen LogP contribution in [0.3, 0.4) is 0 Å². The van der Waals surface area contributed by atoms with Crippen molar-refractivity contribution >= 4 is 15.9 Å². The third-order valence-electron chi connectivity index (χ3n) is 2.25. The summed E-state index contributed by atoms with van der Waals surface area (Å²) in [6.45, 7) is 1.97. The topological polar surface area (TPSA) is 43.8 Å². The lowest BCUT2D eigenvalue weighted by atomic mass is 10.1. The van der Waals surface area contributed by atoms with Gasteiger partial charge in [0.05, 0.1) is 5.69 Å². The second kappa shape index (κ2) is 4.16. The van der Waals surface area contributed by atoms with Crippen LogP contribution < -0.4 is 5.73 Å². The first-order valence-corrected chi connectivity index (χ1v) is 5.53. The summed E-state index contributed by atoms with van der Waals surface area (Å²) in [5.41, 5.74) is 7.94. The number of nitrogens with zero attached hydrogens (tertiary/aromatic N) is 2. The SMILES string of the molecule is C[C@@H](N)c1ccc(-n2cccn2)c(Br)c1. The van der Waals surface area contributed by atoms with Gasteiger partial charge in [0, 0.05) is 22.9 Å². The first-order valence-electron chi connectivity index (χ1n) is 4.73. The number of nitrogens with two attached hydrogens (primary N) is 1. The summed E-state index contributed by atoms with van der Waals surface area (Å²) < 4.78 is 2.82. The van der Waals surface area contributed by atoms with Crippen LogP contribution in [-0.4, -0.2) is 9.78 Å². The molecule has 0 amide bonds. The molecule has 0 aliphatic carbocycles. The van der Waals surface area contributed by atoms with Crippen LogP contribution in [0.25, 0.3) is 5.69 Å². The van der Waals surface area contributed by atoms with Crippen molar-refractivity contribution in [2.45, 2.75) is 13.0 Å². The highest BCUT2D eigenvalue weighted by Crippen LogP contribution is 2.23. The van der Waals surface area contributed by atoms with Gasteiger partial charge in [-0.05, 0) is 46.6 Å². The summed E-state index contributed by atoms with van der Waals surface area (Å²) in [6.07, 6.45) is 3.66. The number of hydrogen-bond acceptors (Lipinski definition) is 2. The number of aromatic nitrogens is 2. The van der Waals surface area contributed by atoms with Crippen molar-refractivity contribution < 1.29 is 0 Å². The van der Waals surface area contributed by atoms with E-state index >= 15 is 0 Å². The van der Waals surface area contributed by atoms with E-state index in [4.69, 9.17) is 5.73 Å². The van der Waals surface area contributed by atoms with Crippen molar-refractivity contribution in [2.24, 2.45) is 5.73 Å². The van der Waals surface area contributed by atoms with E-state index in [2.05, 4.69) is 21.0 Å². The predicted octanol–water partition coefficient (Wildman–Crippen LogP) is 2.65. The Morgan fingerprint density at radius 2 is 2.27 bits per heavy atom. The quantitative estimate of drug-likeness (QED) is 0.908. The minimum Gasteiger partial charge on any atom is -0.324 e. The van der Waals surface area contributed by atoms with Crippen molar-refractivity contribution in [3.8, 4) is 5.69 Å². The van der Waals surface area contributed by atoms with E-state index < -0.39 is 0 Å². The maximum Gasteiger partial charge on any atom is 0.0787 e. The average molecular weight is 266 g/mol. The molecule has 0 saturated heterocycles. The highest BCUT2D eigenvalue weighted by Gasteiger charge is 2.05. The summed E-state index contributed by atoms with van der Waals surface area (Å²) in [4.78, 5) is 0. The number of rotatable bonds is 2. The standard InChI is InChI=1S/C11H12BrN3/c1-8(13)9-3-4-11(10(12)7-9)15-6-2-5-14-15/h2-8H,13H2,1H3/t8-/m1/s1. The largest absolute Gasteiger partial charge is 0.324 e. The second-order valence-electron chi connectivity index (χ2n) is 3.45. The lowest BCUT2D eigenvalue weighted by Crippen LogP contribution is -2.05. The Labute approximate surface area is 97.0 Å². The third-order valence-corrected chi connectivity index (χ3v) is 2.88. The zero-order chi connectivity index (χ0) is 10.8. The van der Waals surface area contributed by atoms with Crippen LogP contribution in [0.2, 0.25) is 0 Å². The van der Waals surface area contributed by atoms with Crippen LogP contribution in [0.15, 0.2) is 41.1 Å². The minimum atomic E-state index is 0.0490. The molecule has 1 heterocycles. The van der Waals surface area contributed by atoms with Gasteiger partial charge in [-0.2, -0.15) is 5.10 Å². The first kappa shape index (κ1) is 10.4. The van der Waals surface area contributed by atoms with Crippen LogP contribution >= 0.6 is 15.9 Å². The van der Waals surface area contributed by atoms with Gasteiger partial charge in [0.15, 0.2) is 0 Å². The molecule has 2 aromatic rings. The summed E-state index contributed by atoms with van der Waals surface area (Å²) in [5, 5.41) is 4.18. The Hall–Kier alpha value is -1.13. The molecule has 0 aliphatic heterocycles. The zero-order valence-electron chi connectivity index (χ0n) is 8.39. The predicted molar refractivity (Wildman–Crippen MR) is 63.9 cm³/mol. The first-order chi connectivity index (χ1) is 7.18. The Bertz CT molecular complexity index is 449. The van der Waals surface area contributed by atoms with Crippen LogP contribution in [-0.2, 0) is 0 Å². The average Bonchev–Trinajstić information content (AvgIpc) is 2.70. The van der Waals surface area contributed by atoms with Gasteiger partial charge in [-0.25, -0.2) is 4.68 Å². The number of halogens is 1. The van der Waals surface area contributed by atoms with E-state index in [0.717, 1.165) is 15.7 Å². The van der Waals surface area contributed by atoms with E-state index in [0.29, 0.717) is 0 Å². The maximum absolute atomic E-state index is 5.81. The molecule has 3 nitrogen and oxygen atoms in total. The molecule has 0 radical (unpaired) electrons. The van der Waals surface area contributed by atoms with Crippen molar-refractivity contribution in [1.82, 2.24) is 9.78 Å². The lowest BCUT2D eigenvalue weighted by molar-refractivity contribution is 0.812. The molecule has 0 fully saturated rings. The molecule has 0 spiro atoms. The zero-order valence-corrected chi connectivity index (χ0v) is 9.98. The molecule has 2 N–H and O–H groups in total. The molecular weight excluding hydrogens is 254 g/mol. The van der Waals surface area contributed by atoms with Gasteiger partial charge >= 0.3 is 0 Å². The Morgan fingerprint density at radius 3 is 2.80 bits per heavy atom. The van der Waals surface area contributed by atoms with Crippen molar-refractivity contribution in [3.63, 3.8) is 0 Å². The highest BCUT2D eigenvalue weighted by atomic mass is 79.9. The van der Waals surface area contributed by atoms with Crippen LogP contribution in [0.5, 0.6) is 0 Å². The molecule has 15 heavy (non-hydrogen) atoms. The molecular formula is C11H12BrN3. The molecule has 1 aromatic heterocycles. The molecule has 0 unspecified atom stereocenters. The third kappa shape index (κ3) is 2.11. The molecule has 1 atom stereocenters. The summed E-state index contributed by atoms with van der Waals surface area (Å²) in [6, 6.07) is 8.00. The van der Waals surface area contributed by atoms with E-state index in [9.17, 15) is 0 Å². The summed E-state index contributed by atoms with van der Waals surface area (Å²) in [5.74, 6) is 0. The molecule has 0 saturated carbocycles. The molecule has 0 bridgehead atoms. The lowest BCUT2D eigenvalue weighted by Gasteiger charge is -2.09. The van der Waals surface area contributed by atoms with Crippen molar-refractivity contribution in [3.05, 3.63) is 46.7 Å². The Kier molecular flexibility index (Phi) is 2.88. The van der Waals surface area contributed by atoms with E-state index in [-0.39, 0.29) is 6.04 Å². The Balaban J connectivity index is 2.44. The fraction of sp³-hybridized carbons (Fsp3) is 0.182. The second-order valence-corrected chi connectivity index (χ2v) is 4.30. The monoisotopic (exact) mass is 265 g/mol. The van der Waals surface area contributed by atoms with Gasteiger partial charge < -0.3 is 5.73 Å². The van der Waals surface area contributed by atoms with Gasteiger partial charge in [-0.15, -0.1) is 0 Å². The minimum absolute atomic E-state index is 0.0490. The normalized spacial score (nSPS) is 12.7. The van der Waals surface area contributed by atoms with Crippen LogP contribution in [0.1, 0.15) is 18.5 Å². The van der Waals surface area contributed by atoms with Crippen molar-refractivity contribution in [2.75, 3.05) is 0 Å². The molecule has 1 aromatic carbocycles. The fourth-order valence-electron chi connectivity index (χ4n) is 1.40. The van der Waals surface area contributed by atoms with E-state index in [1.54, 1.807) is 6.20 Å². The molecule has 2 rings (SSSR count). The van der Waals surface area contributed by atoms with E-state index in [1.165, 1.54) is 0 Å². The number of hydrogen-bond donors (Lipinski definition) is 1. The van der Waals surface area contributed by atoms with Gasteiger partial charge in [0.25, 0.3) is 0 Å². The van der Waals surface area contributed by atoms with Crippen LogP contribution in [0.4, 0.5) is 0 Å². The fourth-order valence-corrected chi connectivity index (χ4v) is 1.98. The van der Waals surface area contributed by atoms with E-state index in [1.807, 2.05) is 42.1 Å². The molecule has 0 aliphatic rings. The highest BCUT2D eigenvalue weighted by molar-refractivity contribution is 9.10. The van der Waals surface area contributed by atoms with Gasteiger partial charge in [-0.3, -0.25) is 0 Å². The van der Waals surface area contributed by atoms with Crippen LogP contribution in [0, 0.1) is 0 Å². The smallest absolute Gasteiger partial charge is 0.0787 e. The van der Waals surface area contributed by atoms with Crippen molar-refractivity contribution in [1.29, 1.82) is 0 Å².